The number of aryl methyl sites for hydroxylation is 3. The quantitative estimate of drug-likeness (QED) is 0.780. The van der Waals surface area contributed by atoms with Crippen LogP contribution < -0.4 is 0 Å². The summed E-state index contributed by atoms with van der Waals surface area (Å²) in [7, 11) is 0. The molecule has 2 nitrogen and oxygen atoms in total. The van der Waals surface area contributed by atoms with E-state index in [0.717, 1.165) is 12.2 Å². The third-order valence-corrected chi connectivity index (χ3v) is 3.05. The van der Waals surface area contributed by atoms with Crippen LogP contribution in [0.2, 0.25) is 0 Å². The molecule has 17 heavy (non-hydrogen) atoms. The lowest BCUT2D eigenvalue weighted by Gasteiger charge is -2.04. The fraction of sp³-hybridized carbons (Fsp3) is 0.267. The van der Waals surface area contributed by atoms with Crippen molar-refractivity contribution < 1.29 is 0 Å². The summed E-state index contributed by atoms with van der Waals surface area (Å²) >= 11 is 0. The Morgan fingerprint density at radius 2 is 1.88 bits per heavy atom. The van der Waals surface area contributed by atoms with E-state index in [0.29, 0.717) is 0 Å². The molecule has 0 bridgehead atoms. The second-order valence-corrected chi connectivity index (χ2v) is 4.24. The van der Waals surface area contributed by atoms with Gasteiger partial charge >= 0.3 is 0 Å². The summed E-state index contributed by atoms with van der Waals surface area (Å²) < 4.78 is 2.13. The van der Waals surface area contributed by atoms with E-state index in [2.05, 4.69) is 60.7 Å². The third-order valence-electron chi connectivity index (χ3n) is 3.05. The van der Waals surface area contributed by atoms with E-state index in [1.807, 2.05) is 12.5 Å². The summed E-state index contributed by atoms with van der Waals surface area (Å²) in [5.74, 6) is 0. The van der Waals surface area contributed by atoms with Gasteiger partial charge in [-0.15, -0.1) is 0 Å². The highest BCUT2D eigenvalue weighted by Gasteiger charge is 1.99. The smallest absolute Gasteiger partial charge is 0.0950 e. The number of benzene rings is 1. The van der Waals surface area contributed by atoms with E-state index in [4.69, 9.17) is 0 Å². The molecule has 1 heterocycles. The van der Waals surface area contributed by atoms with Crippen LogP contribution in [0.3, 0.4) is 0 Å². The van der Waals surface area contributed by atoms with Crippen LogP contribution >= 0.6 is 0 Å². The maximum absolute atomic E-state index is 4.16. The molecule has 2 rings (SSSR count). The van der Waals surface area contributed by atoms with Gasteiger partial charge in [0.15, 0.2) is 0 Å². The molecule has 0 saturated carbocycles. The number of aromatic nitrogens is 2. The summed E-state index contributed by atoms with van der Waals surface area (Å²) in [6, 6.07) is 6.38. The first kappa shape index (κ1) is 11.6. The average molecular weight is 226 g/mol. The molecule has 0 aliphatic carbocycles. The summed E-state index contributed by atoms with van der Waals surface area (Å²) in [5, 5.41) is 0. The molecule has 1 aromatic heterocycles. The van der Waals surface area contributed by atoms with Gasteiger partial charge < -0.3 is 4.57 Å². The number of nitrogens with zero attached hydrogens (tertiary/aromatic N) is 2. The van der Waals surface area contributed by atoms with Crippen molar-refractivity contribution >= 4 is 12.2 Å². The average Bonchev–Trinajstić information content (AvgIpc) is 2.76. The molecule has 0 aliphatic rings. The molecule has 0 radical (unpaired) electrons. The molecule has 0 saturated heterocycles. The summed E-state index contributed by atoms with van der Waals surface area (Å²) in [6.45, 7) is 7.36. The topological polar surface area (TPSA) is 17.8 Å². The Labute approximate surface area is 103 Å². The summed E-state index contributed by atoms with van der Waals surface area (Å²) in [5.41, 5.74) is 5.07. The predicted octanol–water partition coefficient (Wildman–Crippen LogP) is 3.69. The monoisotopic (exact) mass is 226 g/mol. The van der Waals surface area contributed by atoms with E-state index >= 15 is 0 Å². The van der Waals surface area contributed by atoms with Crippen LogP contribution in [0.5, 0.6) is 0 Å². The van der Waals surface area contributed by atoms with E-state index in [1.54, 1.807) is 0 Å². The Morgan fingerprint density at radius 1 is 1.18 bits per heavy atom. The molecular weight excluding hydrogens is 208 g/mol. The van der Waals surface area contributed by atoms with Crippen molar-refractivity contribution in [3.05, 3.63) is 53.1 Å². The van der Waals surface area contributed by atoms with E-state index in [-0.39, 0.29) is 0 Å². The van der Waals surface area contributed by atoms with Gasteiger partial charge in [-0.2, -0.15) is 0 Å². The number of imidazole rings is 1. The van der Waals surface area contributed by atoms with Gasteiger partial charge in [-0.1, -0.05) is 24.3 Å². The van der Waals surface area contributed by atoms with Gasteiger partial charge in [-0.05, 0) is 43.5 Å². The number of hydrogen-bond acceptors (Lipinski definition) is 1. The molecular formula is C15H18N2. The van der Waals surface area contributed by atoms with Crippen molar-refractivity contribution in [3.63, 3.8) is 0 Å². The van der Waals surface area contributed by atoms with Crippen LogP contribution in [0.4, 0.5) is 0 Å². The lowest BCUT2D eigenvalue weighted by molar-refractivity contribution is 0.755. The normalized spacial score (nSPS) is 11.2. The third kappa shape index (κ3) is 2.47. The predicted molar refractivity (Wildman–Crippen MR) is 72.7 cm³/mol. The zero-order chi connectivity index (χ0) is 12.3. The molecule has 0 unspecified atom stereocenters. The van der Waals surface area contributed by atoms with E-state index in [1.165, 1.54) is 16.7 Å². The number of hydrogen-bond donors (Lipinski definition) is 0. The zero-order valence-corrected chi connectivity index (χ0v) is 10.6. The minimum absolute atomic E-state index is 0.951. The molecule has 2 aromatic rings. The highest BCUT2D eigenvalue weighted by Crippen LogP contribution is 2.16. The van der Waals surface area contributed by atoms with Crippen molar-refractivity contribution in [1.82, 2.24) is 9.55 Å². The van der Waals surface area contributed by atoms with E-state index < -0.39 is 0 Å². The van der Waals surface area contributed by atoms with Crippen molar-refractivity contribution in [1.29, 1.82) is 0 Å². The standard InChI is InChI=1S/C15H18N2/c1-4-17-11-16-10-14(17)8-9-15-12(2)6-5-7-13(15)3/h5-11H,4H2,1-3H3/b9-8+. The highest BCUT2D eigenvalue weighted by atomic mass is 15.0. The van der Waals surface area contributed by atoms with Crippen LogP contribution in [0.1, 0.15) is 29.3 Å². The maximum atomic E-state index is 4.16. The molecule has 0 atom stereocenters. The Hall–Kier alpha value is -1.83. The fourth-order valence-corrected chi connectivity index (χ4v) is 1.99. The van der Waals surface area contributed by atoms with E-state index in [9.17, 15) is 0 Å². The summed E-state index contributed by atoms with van der Waals surface area (Å²) in [6.07, 6.45) is 8.07. The van der Waals surface area contributed by atoms with Gasteiger partial charge in [-0.3, -0.25) is 0 Å². The minimum Gasteiger partial charge on any atom is -0.331 e. The first-order valence-corrected chi connectivity index (χ1v) is 5.96. The molecule has 0 amide bonds. The van der Waals surface area contributed by atoms with Crippen LogP contribution in [0.15, 0.2) is 30.7 Å². The SMILES string of the molecule is CCn1cncc1/C=C/c1c(C)cccc1C. The van der Waals surface area contributed by atoms with Crippen LogP contribution in [0, 0.1) is 13.8 Å². The van der Waals surface area contributed by atoms with Gasteiger partial charge in [0.2, 0.25) is 0 Å². The highest BCUT2D eigenvalue weighted by molar-refractivity contribution is 5.71. The zero-order valence-electron chi connectivity index (χ0n) is 10.6. The Kier molecular flexibility index (Phi) is 3.43. The maximum Gasteiger partial charge on any atom is 0.0950 e. The van der Waals surface area contributed by atoms with Crippen LogP contribution in [-0.2, 0) is 6.54 Å². The Morgan fingerprint density at radius 3 is 2.53 bits per heavy atom. The van der Waals surface area contributed by atoms with Crippen LogP contribution in [0.25, 0.3) is 12.2 Å². The largest absolute Gasteiger partial charge is 0.331 e. The molecule has 88 valence electrons. The van der Waals surface area contributed by atoms with Gasteiger partial charge in [-0.25, -0.2) is 4.98 Å². The first-order valence-electron chi connectivity index (χ1n) is 5.96. The van der Waals surface area contributed by atoms with Crippen molar-refractivity contribution in [3.8, 4) is 0 Å². The van der Waals surface area contributed by atoms with Crippen LogP contribution in [-0.4, -0.2) is 9.55 Å². The van der Waals surface area contributed by atoms with Gasteiger partial charge in [0, 0.05) is 6.54 Å². The second-order valence-electron chi connectivity index (χ2n) is 4.24. The molecule has 0 N–H and O–H groups in total. The van der Waals surface area contributed by atoms with Gasteiger partial charge in [0.1, 0.15) is 0 Å². The molecule has 0 fully saturated rings. The molecule has 0 spiro atoms. The van der Waals surface area contributed by atoms with Gasteiger partial charge in [0.25, 0.3) is 0 Å². The lowest BCUT2D eigenvalue weighted by atomic mass is 10.0. The second kappa shape index (κ2) is 5.00. The fourth-order valence-electron chi connectivity index (χ4n) is 1.99. The minimum atomic E-state index is 0.951. The lowest BCUT2D eigenvalue weighted by Crippen LogP contribution is -1.93. The molecule has 0 aliphatic heterocycles. The number of rotatable bonds is 3. The van der Waals surface area contributed by atoms with Gasteiger partial charge in [0.05, 0.1) is 18.2 Å². The molecule has 1 aromatic carbocycles. The van der Waals surface area contributed by atoms with Crippen molar-refractivity contribution in [2.45, 2.75) is 27.3 Å². The van der Waals surface area contributed by atoms with Crippen molar-refractivity contribution in [2.75, 3.05) is 0 Å². The van der Waals surface area contributed by atoms with Crippen molar-refractivity contribution in [2.24, 2.45) is 0 Å². The first-order chi connectivity index (χ1) is 8.22. The Balaban J connectivity index is 2.32. The summed E-state index contributed by atoms with van der Waals surface area (Å²) in [4.78, 5) is 4.16. The Bertz CT molecular complexity index is 515. The molecule has 2 heteroatoms.